The molecule has 0 heterocycles. The van der Waals surface area contributed by atoms with E-state index in [1.54, 1.807) is 0 Å². The Labute approximate surface area is 120 Å². The SMILES string of the molecule is CC(C)C1CC(C)(C)C(=O)C1=Cc1ccc(Cl)cc1. The predicted octanol–water partition coefficient (Wildman–Crippen LogP) is 4.99. The minimum Gasteiger partial charge on any atom is -0.294 e. The first kappa shape index (κ1) is 14.3. The van der Waals surface area contributed by atoms with Crippen LogP contribution >= 0.6 is 11.6 Å². The highest BCUT2D eigenvalue weighted by atomic mass is 35.5. The van der Waals surface area contributed by atoms with Gasteiger partial charge in [-0.3, -0.25) is 4.79 Å². The first-order chi connectivity index (χ1) is 8.81. The van der Waals surface area contributed by atoms with Crippen LogP contribution in [0.3, 0.4) is 0 Å². The molecule has 2 heteroatoms. The molecule has 2 rings (SSSR count). The minimum atomic E-state index is -0.229. The summed E-state index contributed by atoms with van der Waals surface area (Å²) in [5.74, 6) is 1.14. The van der Waals surface area contributed by atoms with Crippen molar-refractivity contribution in [2.75, 3.05) is 0 Å². The average Bonchev–Trinajstić information content (AvgIpc) is 2.56. The Balaban J connectivity index is 2.40. The number of carbonyl (C=O) groups excluding carboxylic acids is 1. The summed E-state index contributed by atoms with van der Waals surface area (Å²) in [6, 6.07) is 7.66. The van der Waals surface area contributed by atoms with Gasteiger partial charge in [0.15, 0.2) is 5.78 Å². The maximum Gasteiger partial charge on any atom is 0.164 e. The first-order valence-corrected chi connectivity index (χ1v) is 7.21. The van der Waals surface area contributed by atoms with E-state index in [1.807, 2.05) is 44.2 Å². The monoisotopic (exact) mass is 276 g/mol. The zero-order chi connectivity index (χ0) is 14.2. The molecule has 0 spiro atoms. The summed E-state index contributed by atoms with van der Waals surface area (Å²) < 4.78 is 0. The molecule has 1 aliphatic carbocycles. The molecular weight excluding hydrogens is 256 g/mol. The van der Waals surface area contributed by atoms with Crippen LogP contribution < -0.4 is 0 Å². The Morgan fingerprint density at radius 2 is 1.84 bits per heavy atom. The van der Waals surface area contributed by atoms with Crippen molar-refractivity contribution >= 4 is 23.5 Å². The summed E-state index contributed by atoms with van der Waals surface area (Å²) in [4.78, 5) is 12.5. The number of carbonyl (C=O) groups is 1. The Hall–Kier alpha value is -1.08. The van der Waals surface area contributed by atoms with Gasteiger partial charge in [-0.2, -0.15) is 0 Å². The maximum atomic E-state index is 12.5. The van der Waals surface area contributed by atoms with Gasteiger partial charge in [-0.1, -0.05) is 51.4 Å². The number of ketones is 1. The zero-order valence-electron chi connectivity index (χ0n) is 12.0. The lowest BCUT2D eigenvalue weighted by atomic mass is 9.86. The molecule has 1 saturated carbocycles. The van der Waals surface area contributed by atoms with Crippen LogP contribution in [-0.4, -0.2) is 5.78 Å². The first-order valence-electron chi connectivity index (χ1n) is 6.83. The van der Waals surface area contributed by atoms with Crippen molar-refractivity contribution in [3.05, 3.63) is 40.4 Å². The molecule has 1 aromatic carbocycles. The predicted molar refractivity (Wildman–Crippen MR) is 81.2 cm³/mol. The van der Waals surface area contributed by atoms with E-state index in [9.17, 15) is 4.79 Å². The fourth-order valence-electron chi connectivity index (χ4n) is 2.82. The summed E-state index contributed by atoms with van der Waals surface area (Å²) in [7, 11) is 0. The van der Waals surface area contributed by atoms with Crippen LogP contribution in [0.25, 0.3) is 6.08 Å². The third-order valence-electron chi connectivity index (χ3n) is 4.00. The average molecular weight is 277 g/mol. The summed E-state index contributed by atoms with van der Waals surface area (Å²) in [6.07, 6.45) is 2.99. The fourth-order valence-corrected chi connectivity index (χ4v) is 2.94. The molecular formula is C17H21ClO. The van der Waals surface area contributed by atoms with Crippen LogP contribution in [-0.2, 0) is 4.79 Å². The van der Waals surface area contributed by atoms with E-state index in [0.29, 0.717) is 17.6 Å². The number of benzene rings is 1. The van der Waals surface area contributed by atoms with Gasteiger partial charge in [-0.25, -0.2) is 0 Å². The van der Waals surface area contributed by atoms with Crippen molar-refractivity contribution in [1.29, 1.82) is 0 Å². The summed E-state index contributed by atoms with van der Waals surface area (Å²) in [6.45, 7) is 8.48. The standard InChI is InChI=1S/C17H21ClO/c1-11(2)15-10-17(3,4)16(19)14(15)9-12-5-7-13(18)8-6-12/h5-9,11,15H,10H2,1-4H3. The van der Waals surface area contributed by atoms with Gasteiger partial charge in [0, 0.05) is 10.4 Å². The van der Waals surface area contributed by atoms with E-state index in [1.165, 1.54) is 0 Å². The van der Waals surface area contributed by atoms with Crippen molar-refractivity contribution in [3.8, 4) is 0 Å². The molecule has 19 heavy (non-hydrogen) atoms. The quantitative estimate of drug-likeness (QED) is 0.695. The second kappa shape index (κ2) is 5.13. The van der Waals surface area contributed by atoms with Gasteiger partial charge >= 0.3 is 0 Å². The van der Waals surface area contributed by atoms with E-state index in [-0.39, 0.29) is 5.41 Å². The van der Waals surface area contributed by atoms with Crippen molar-refractivity contribution < 1.29 is 4.79 Å². The Morgan fingerprint density at radius 1 is 1.26 bits per heavy atom. The van der Waals surface area contributed by atoms with Crippen molar-refractivity contribution in [2.45, 2.75) is 34.1 Å². The van der Waals surface area contributed by atoms with Crippen molar-refractivity contribution in [1.82, 2.24) is 0 Å². The van der Waals surface area contributed by atoms with Crippen LogP contribution in [0, 0.1) is 17.3 Å². The molecule has 1 nitrogen and oxygen atoms in total. The third-order valence-corrected chi connectivity index (χ3v) is 4.26. The molecule has 0 N–H and O–H groups in total. The Kier molecular flexibility index (Phi) is 3.87. The lowest BCUT2D eigenvalue weighted by Gasteiger charge is -2.17. The van der Waals surface area contributed by atoms with Gasteiger partial charge < -0.3 is 0 Å². The Bertz CT molecular complexity index is 509. The zero-order valence-corrected chi connectivity index (χ0v) is 12.8. The van der Waals surface area contributed by atoms with E-state index in [4.69, 9.17) is 11.6 Å². The third kappa shape index (κ3) is 2.92. The molecule has 0 amide bonds. The summed E-state index contributed by atoms with van der Waals surface area (Å²) in [5, 5.41) is 0.723. The van der Waals surface area contributed by atoms with E-state index in [2.05, 4.69) is 13.8 Å². The normalized spacial score (nSPS) is 24.4. The second-order valence-electron chi connectivity index (χ2n) is 6.42. The number of hydrogen-bond donors (Lipinski definition) is 0. The molecule has 1 aliphatic rings. The molecule has 1 unspecified atom stereocenters. The van der Waals surface area contributed by atoms with Gasteiger partial charge in [0.1, 0.15) is 0 Å². The lowest BCUT2D eigenvalue weighted by molar-refractivity contribution is -0.121. The number of halogens is 1. The Morgan fingerprint density at radius 3 is 2.37 bits per heavy atom. The van der Waals surface area contributed by atoms with Gasteiger partial charge in [0.25, 0.3) is 0 Å². The summed E-state index contributed by atoms with van der Waals surface area (Å²) >= 11 is 5.89. The molecule has 0 bridgehead atoms. The van der Waals surface area contributed by atoms with Crippen LogP contribution in [0.1, 0.15) is 39.7 Å². The van der Waals surface area contributed by atoms with Crippen LogP contribution in [0.2, 0.25) is 5.02 Å². The highest BCUT2D eigenvalue weighted by Gasteiger charge is 2.44. The topological polar surface area (TPSA) is 17.1 Å². The fraction of sp³-hybridized carbons (Fsp3) is 0.471. The molecule has 0 aliphatic heterocycles. The molecule has 1 fully saturated rings. The molecule has 0 saturated heterocycles. The lowest BCUT2D eigenvalue weighted by Crippen LogP contribution is -2.17. The highest BCUT2D eigenvalue weighted by molar-refractivity contribution is 6.30. The second-order valence-corrected chi connectivity index (χ2v) is 6.86. The van der Waals surface area contributed by atoms with Crippen LogP contribution in [0.4, 0.5) is 0 Å². The molecule has 1 atom stereocenters. The van der Waals surface area contributed by atoms with Crippen LogP contribution in [0.5, 0.6) is 0 Å². The maximum absolute atomic E-state index is 12.5. The molecule has 0 radical (unpaired) electrons. The number of hydrogen-bond acceptors (Lipinski definition) is 1. The molecule has 0 aromatic heterocycles. The number of Topliss-reactive ketones (excluding diaryl/α,β-unsaturated/α-hetero) is 1. The molecule has 1 aromatic rings. The van der Waals surface area contributed by atoms with Gasteiger partial charge in [-0.15, -0.1) is 0 Å². The largest absolute Gasteiger partial charge is 0.294 e. The van der Waals surface area contributed by atoms with E-state index < -0.39 is 0 Å². The van der Waals surface area contributed by atoms with Crippen LogP contribution in [0.15, 0.2) is 29.8 Å². The van der Waals surface area contributed by atoms with E-state index in [0.717, 1.165) is 22.6 Å². The van der Waals surface area contributed by atoms with Gasteiger partial charge in [0.05, 0.1) is 0 Å². The van der Waals surface area contributed by atoms with Gasteiger partial charge in [0.2, 0.25) is 0 Å². The highest BCUT2D eigenvalue weighted by Crippen LogP contribution is 2.45. The summed E-state index contributed by atoms with van der Waals surface area (Å²) in [5.41, 5.74) is 1.80. The number of rotatable bonds is 2. The minimum absolute atomic E-state index is 0.229. The van der Waals surface area contributed by atoms with Crippen molar-refractivity contribution in [3.63, 3.8) is 0 Å². The van der Waals surface area contributed by atoms with Crippen molar-refractivity contribution in [2.24, 2.45) is 17.3 Å². The number of allylic oxidation sites excluding steroid dienone is 1. The van der Waals surface area contributed by atoms with E-state index >= 15 is 0 Å². The molecule has 102 valence electrons. The smallest absolute Gasteiger partial charge is 0.164 e. The van der Waals surface area contributed by atoms with Gasteiger partial charge in [-0.05, 0) is 47.6 Å².